The van der Waals surface area contributed by atoms with Crippen LogP contribution in [0.5, 0.6) is 0 Å². The number of ketones is 1. The van der Waals surface area contributed by atoms with Crippen molar-refractivity contribution in [2.45, 2.75) is 60.0 Å². The number of carbonyl (C=O) groups is 2. The summed E-state index contributed by atoms with van der Waals surface area (Å²) >= 11 is 0.806. The van der Waals surface area contributed by atoms with Gasteiger partial charge in [0.15, 0.2) is 5.78 Å². The SMILES string of the molecule is O=C(C[C@@H]1C(O)[C@H](S[C@@H]2OC(CO)[C@H](O)C(NC(=O)c3ccc4ccccc4c3)[C@H]2O)OC(CO)[C@@H]1O)c1ccc2ccccc2c1. The van der Waals surface area contributed by atoms with Gasteiger partial charge < -0.3 is 45.4 Å². The second-order valence-corrected chi connectivity index (χ2v) is 13.2. The molecule has 1 amide bonds. The summed E-state index contributed by atoms with van der Waals surface area (Å²) in [6.07, 6.45) is -8.45. The smallest absolute Gasteiger partial charge is 0.251 e. The zero-order chi connectivity index (χ0) is 33.2. The number of hydrogen-bond acceptors (Lipinski definition) is 11. The van der Waals surface area contributed by atoms with Gasteiger partial charge in [0.25, 0.3) is 5.91 Å². The van der Waals surface area contributed by atoms with E-state index >= 15 is 0 Å². The predicted octanol–water partition coefficient (Wildman–Crippen LogP) is 1.59. The molecule has 0 aromatic heterocycles. The number of carbonyl (C=O) groups excluding carboxylic acids is 2. The Balaban J connectivity index is 1.18. The number of rotatable bonds is 9. The van der Waals surface area contributed by atoms with E-state index in [1.54, 1.807) is 30.3 Å². The van der Waals surface area contributed by atoms with Crippen LogP contribution in [0, 0.1) is 5.92 Å². The molecule has 2 heterocycles. The molecule has 10 atom stereocenters. The third-order valence-electron chi connectivity index (χ3n) is 8.98. The van der Waals surface area contributed by atoms with E-state index in [9.17, 15) is 40.2 Å². The van der Waals surface area contributed by atoms with Gasteiger partial charge in [0.05, 0.1) is 31.5 Å². The molecule has 2 fully saturated rings. The molecule has 2 aliphatic rings. The Morgan fingerprint density at radius 1 is 0.638 bits per heavy atom. The number of nitrogens with one attached hydrogen (secondary N) is 1. The van der Waals surface area contributed by atoms with Crippen LogP contribution in [0.3, 0.4) is 0 Å². The second kappa shape index (κ2) is 14.4. The molecule has 47 heavy (non-hydrogen) atoms. The Bertz CT molecular complexity index is 1610. The maximum Gasteiger partial charge on any atom is 0.251 e. The number of Topliss-reactive ketones (excluding diaryl/α,β-unsaturated/α-hetero) is 1. The molecule has 6 rings (SSSR count). The van der Waals surface area contributed by atoms with Crippen LogP contribution < -0.4 is 5.32 Å². The number of thioether (sulfide) groups is 1. The minimum Gasteiger partial charge on any atom is -0.394 e. The molecule has 248 valence electrons. The van der Waals surface area contributed by atoms with Crippen molar-refractivity contribution in [3.63, 3.8) is 0 Å². The maximum atomic E-state index is 13.4. The highest BCUT2D eigenvalue weighted by Gasteiger charge is 2.50. The van der Waals surface area contributed by atoms with E-state index in [0.717, 1.165) is 33.3 Å². The number of hydrogen-bond donors (Lipinski definition) is 7. The molecule has 11 nitrogen and oxygen atoms in total. The Hall–Kier alpha value is -3.43. The molecule has 2 aliphatic heterocycles. The van der Waals surface area contributed by atoms with Gasteiger partial charge in [-0.2, -0.15) is 0 Å². The van der Waals surface area contributed by atoms with Gasteiger partial charge in [-0.3, -0.25) is 9.59 Å². The Morgan fingerprint density at radius 2 is 1.15 bits per heavy atom. The third-order valence-corrected chi connectivity index (χ3v) is 10.3. The second-order valence-electron chi connectivity index (χ2n) is 12.0. The summed E-state index contributed by atoms with van der Waals surface area (Å²) in [6.45, 7) is -1.25. The lowest BCUT2D eigenvalue weighted by Crippen LogP contribution is -2.64. The van der Waals surface area contributed by atoms with Crippen molar-refractivity contribution in [3.05, 3.63) is 96.1 Å². The van der Waals surface area contributed by atoms with E-state index in [-0.39, 0.29) is 12.2 Å². The fraction of sp³-hybridized carbons (Fsp3) is 0.371. The first kappa shape index (κ1) is 33.5. The minimum absolute atomic E-state index is 0.256. The van der Waals surface area contributed by atoms with Crippen LogP contribution in [0.25, 0.3) is 21.5 Å². The molecule has 4 unspecified atom stereocenters. The van der Waals surface area contributed by atoms with Crippen molar-refractivity contribution in [1.82, 2.24) is 5.32 Å². The van der Waals surface area contributed by atoms with Gasteiger partial charge in [-0.1, -0.05) is 78.5 Å². The number of fused-ring (bicyclic) bond motifs is 2. The summed E-state index contributed by atoms with van der Waals surface area (Å²) in [5, 5.41) is 70.8. The Kier molecular flexibility index (Phi) is 10.2. The van der Waals surface area contributed by atoms with E-state index in [1.165, 1.54) is 0 Å². The van der Waals surface area contributed by atoms with Crippen LogP contribution in [0.2, 0.25) is 0 Å². The van der Waals surface area contributed by atoms with Crippen molar-refractivity contribution in [2.24, 2.45) is 5.92 Å². The summed E-state index contributed by atoms with van der Waals surface area (Å²) < 4.78 is 11.6. The summed E-state index contributed by atoms with van der Waals surface area (Å²) in [4.78, 5) is 26.6. The topological polar surface area (TPSA) is 186 Å². The van der Waals surface area contributed by atoms with E-state index < -0.39 is 78.6 Å². The van der Waals surface area contributed by atoms with Crippen molar-refractivity contribution in [1.29, 1.82) is 0 Å². The number of ether oxygens (including phenoxy) is 2. The van der Waals surface area contributed by atoms with Gasteiger partial charge in [-0.05, 0) is 39.7 Å². The normalized spacial score (nSPS) is 31.1. The molecule has 0 bridgehead atoms. The number of aliphatic hydroxyl groups excluding tert-OH is 6. The van der Waals surface area contributed by atoms with Crippen LogP contribution in [-0.2, 0) is 9.47 Å². The number of aliphatic hydroxyl groups is 6. The van der Waals surface area contributed by atoms with Gasteiger partial charge in [0, 0.05) is 23.5 Å². The van der Waals surface area contributed by atoms with Gasteiger partial charge in [0.2, 0.25) is 0 Å². The molecule has 4 aromatic carbocycles. The quantitative estimate of drug-likeness (QED) is 0.129. The van der Waals surface area contributed by atoms with Gasteiger partial charge in [-0.15, -0.1) is 0 Å². The lowest BCUT2D eigenvalue weighted by atomic mass is 9.84. The van der Waals surface area contributed by atoms with Gasteiger partial charge in [-0.25, -0.2) is 0 Å². The highest BCUT2D eigenvalue weighted by molar-refractivity contribution is 8.00. The molecule has 12 heteroatoms. The summed E-state index contributed by atoms with van der Waals surface area (Å²) in [6, 6.07) is 24.1. The first-order valence-corrected chi connectivity index (χ1v) is 16.3. The van der Waals surface area contributed by atoms with Crippen LogP contribution in [0.1, 0.15) is 27.1 Å². The number of amides is 1. The maximum absolute atomic E-state index is 13.4. The number of benzene rings is 4. The first-order valence-electron chi connectivity index (χ1n) is 15.4. The van der Waals surface area contributed by atoms with E-state index in [4.69, 9.17) is 9.47 Å². The van der Waals surface area contributed by atoms with E-state index in [0.29, 0.717) is 11.1 Å². The van der Waals surface area contributed by atoms with E-state index in [2.05, 4.69) is 5.32 Å². The van der Waals surface area contributed by atoms with Gasteiger partial charge in [0.1, 0.15) is 35.3 Å². The summed E-state index contributed by atoms with van der Waals surface area (Å²) in [7, 11) is 0. The van der Waals surface area contributed by atoms with Crippen LogP contribution in [0.4, 0.5) is 0 Å². The molecule has 0 saturated carbocycles. The fourth-order valence-electron chi connectivity index (χ4n) is 6.28. The molecule has 4 aromatic rings. The molecular weight excluding hydrogens is 626 g/mol. The average Bonchev–Trinajstić information content (AvgIpc) is 3.10. The summed E-state index contributed by atoms with van der Waals surface area (Å²) in [5.74, 6) is -1.93. The van der Waals surface area contributed by atoms with Crippen LogP contribution in [-0.4, -0.2) is 109 Å². The van der Waals surface area contributed by atoms with Gasteiger partial charge >= 0.3 is 0 Å². The highest BCUT2D eigenvalue weighted by Crippen LogP contribution is 2.40. The average molecular weight is 664 g/mol. The van der Waals surface area contributed by atoms with Crippen LogP contribution >= 0.6 is 11.8 Å². The molecule has 0 radical (unpaired) electrons. The Labute approximate surface area is 274 Å². The molecular formula is C35H37NO10S. The van der Waals surface area contributed by atoms with Crippen molar-refractivity contribution < 1.29 is 49.7 Å². The molecule has 0 aliphatic carbocycles. The van der Waals surface area contributed by atoms with Crippen molar-refractivity contribution >= 4 is 45.0 Å². The largest absolute Gasteiger partial charge is 0.394 e. The molecule has 7 N–H and O–H groups in total. The fourth-order valence-corrected chi connectivity index (χ4v) is 7.65. The molecule has 2 saturated heterocycles. The Morgan fingerprint density at radius 3 is 1.74 bits per heavy atom. The zero-order valence-electron chi connectivity index (χ0n) is 25.2. The first-order chi connectivity index (χ1) is 22.7. The third kappa shape index (κ3) is 6.93. The molecule has 0 spiro atoms. The lowest BCUT2D eigenvalue weighted by Gasteiger charge is -2.46. The van der Waals surface area contributed by atoms with E-state index in [1.807, 2.05) is 54.6 Å². The summed E-state index contributed by atoms with van der Waals surface area (Å²) in [5.41, 5.74) is -1.74. The highest BCUT2D eigenvalue weighted by atomic mass is 32.2. The van der Waals surface area contributed by atoms with Crippen molar-refractivity contribution in [3.8, 4) is 0 Å². The lowest BCUT2D eigenvalue weighted by molar-refractivity contribution is -0.186. The van der Waals surface area contributed by atoms with Crippen LogP contribution in [0.15, 0.2) is 84.9 Å². The minimum atomic E-state index is -1.53. The predicted molar refractivity (Wildman–Crippen MR) is 175 cm³/mol. The zero-order valence-corrected chi connectivity index (χ0v) is 26.0. The van der Waals surface area contributed by atoms with Crippen molar-refractivity contribution in [2.75, 3.05) is 13.2 Å². The monoisotopic (exact) mass is 663 g/mol. The standard InChI is InChI=1S/C35H37NO10S/c37-16-26-29(40)24(15-25(39)22-11-9-18-5-1-3-7-20(18)13-22)30(41)34(45-26)47-35-32(43)28(31(42)27(17-38)46-35)36-33(44)23-12-10-19-6-2-4-8-21(19)14-23/h1-14,24,26-32,34-35,37-38,40-43H,15-17H2,(H,36,44)/t24-,26?,27?,28?,29+,30?,31-,32+,34-,35-/m0/s1.